The van der Waals surface area contributed by atoms with Gasteiger partial charge in [0, 0.05) is 31.9 Å². The maximum absolute atomic E-state index is 13.0. The molecule has 0 spiro atoms. The van der Waals surface area contributed by atoms with Gasteiger partial charge in [-0.3, -0.25) is 4.79 Å². The van der Waals surface area contributed by atoms with Gasteiger partial charge in [0.15, 0.2) is 0 Å². The van der Waals surface area contributed by atoms with E-state index in [0.717, 1.165) is 5.56 Å². The average molecular weight is 494 g/mol. The Labute approximate surface area is 196 Å². The predicted molar refractivity (Wildman–Crippen MR) is 128 cm³/mol. The standard InChI is InChI=1S/C23H31N3O5S2/c1-4-25(5-2)32(28,29)22-14-10-20(11-15-22)24-23(27)19-7-6-16-26(17-19)33(30,31)21-12-8-18(3)9-13-21/h8-15,19H,4-7,16-17H2,1-3H3,(H,24,27)/t19-/m0/s1. The van der Waals surface area contributed by atoms with Crippen molar-refractivity contribution < 1.29 is 21.6 Å². The molecule has 2 aromatic carbocycles. The van der Waals surface area contributed by atoms with Gasteiger partial charge in [0.25, 0.3) is 0 Å². The number of anilines is 1. The van der Waals surface area contributed by atoms with Crippen molar-refractivity contribution in [3.63, 3.8) is 0 Å². The Balaban J connectivity index is 1.68. The number of nitrogens with one attached hydrogen (secondary N) is 1. The molecule has 0 aromatic heterocycles. The van der Waals surface area contributed by atoms with E-state index < -0.39 is 26.0 Å². The minimum Gasteiger partial charge on any atom is -0.326 e. The normalized spacial score (nSPS) is 17.8. The Morgan fingerprint density at radius 2 is 1.55 bits per heavy atom. The predicted octanol–water partition coefficient (Wildman–Crippen LogP) is 3.06. The van der Waals surface area contributed by atoms with E-state index in [1.165, 1.54) is 20.7 Å². The first-order chi connectivity index (χ1) is 15.6. The molecule has 2 aromatic rings. The summed E-state index contributed by atoms with van der Waals surface area (Å²) in [4.78, 5) is 13.2. The van der Waals surface area contributed by atoms with Crippen LogP contribution in [0, 0.1) is 12.8 Å². The lowest BCUT2D eigenvalue weighted by atomic mass is 9.99. The van der Waals surface area contributed by atoms with Gasteiger partial charge < -0.3 is 5.32 Å². The first-order valence-corrected chi connectivity index (χ1v) is 14.0. The highest BCUT2D eigenvalue weighted by Crippen LogP contribution is 2.25. The number of carbonyl (C=O) groups is 1. The second-order valence-corrected chi connectivity index (χ2v) is 12.0. The largest absolute Gasteiger partial charge is 0.326 e. The minimum atomic E-state index is -3.67. The molecule has 1 atom stereocenters. The van der Waals surface area contributed by atoms with Gasteiger partial charge >= 0.3 is 0 Å². The van der Waals surface area contributed by atoms with E-state index in [1.54, 1.807) is 50.2 Å². The van der Waals surface area contributed by atoms with E-state index >= 15 is 0 Å². The molecule has 1 fully saturated rings. The minimum absolute atomic E-state index is 0.108. The van der Waals surface area contributed by atoms with Crippen LogP contribution in [-0.4, -0.2) is 57.5 Å². The molecule has 1 saturated heterocycles. The molecule has 0 unspecified atom stereocenters. The summed E-state index contributed by atoms with van der Waals surface area (Å²) < 4.78 is 54.0. The van der Waals surface area contributed by atoms with E-state index in [4.69, 9.17) is 0 Å². The molecule has 10 heteroatoms. The number of hydrogen-bond acceptors (Lipinski definition) is 5. The van der Waals surface area contributed by atoms with Crippen molar-refractivity contribution in [2.24, 2.45) is 5.92 Å². The lowest BCUT2D eigenvalue weighted by Gasteiger charge is -2.31. The molecule has 1 amide bonds. The fourth-order valence-corrected chi connectivity index (χ4v) is 6.88. The van der Waals surface area contributed by atoms with Crippen LogP contribution in [0.2, 0.25) is 0 Å². The summed E-state index contributed by atoms with van der Waals surface area (Å²) in [7, 11) is -7.24. The second-order valence-electron chi connectivity index (χ2n) is 8.12. The van der Waals surface area contributed by atoms with E-state index in [1.807, 2.05) is 6.92 Å². The highest BCUT2D eigenvalue weighted by atomic mass is 32.2. The third kappa shape index (κ3) is 5.63. The quantitative estimate of drug-likeness (QED) is 0.609. The van der Waals surface area contributed by atoms with Gasteiger partial charge in [-0.2, -0.15) is 8.61 Å². The van der Waals surface area contributed by atoms with Crippen LogP contribution in [0.3, 0.4) is 0 Å². The molecule has 1 heterocycles. The van der Waals surface area contributed by atoms with Crippen molar-refractivity contribution in [2.75, 3.05) is 31.5 Å². The van der Waals surface area contributed by atoms with Gasteiger partial charge in [-0.25, -0.2) is 16.8 Å². The van der Waals surface area contributed by atoms with Crippen LogP contribution in [0.15, 0.2) is 58.3 Å². The molecule has 3 rings (SSSR count). The van der Waals surface area contributed by atoms with Crippen molar-refractivity contribution in [3.8, 4) is 0 Å². The molecule has 0 bridgehead atoms. The lowest BCUT2D eigenvalue weighted by Crippen LogP contribution is -2.43. The van der Waals surface area contributed by atoms with E-state index in [2.05, 4.69) is 5.32 Å². The third-order valence-corrected chi connectivity index (χ3v) is 9.82. The Morgan fingerprint density at radius 3 is 2.12 bits per heavy atom. The third-order valence-electron chi connectivity index (χ3n) is 5.88. The molecule has 1 aliphatic heterocycles. The van der Waals surface area contributed by atoms with Crippen LogP contribution in [0.5, 0.6) is 0 Å². The smallest absolute Gasteiger partial charge is 0.243 e. The molecule has 1 aliphatic rings. The maximum atomic E-state index is 13.0. The summed E-state index contributed by atoms with van der Waals surface area (Å²) in [5, 5.41) is 2.80. The highest BCUT2D eigenvalue weighted by molar-refractivity contribution is 7.89. The number of aryl methyl sites for hydroxylation is 1. The van der Waals surface area contributed by atoms with Crippen LogP contribution in [0.25, 0.3) is 0 Å². The summed E-state index contributed by atoms with van der Waals surface area (Å²) in [5.74, 6) is -0.767. The van der Waals surface area contributed by atoms with Crippen molar-refractivity contribution >= 4 is 31.6 Å². The van der Waals surface area contributed by atoms with Gasteiger partial charge in [0.05, 0.1) is 15.7 Å². The number of amides is 1. The van der Waals surface area contributed by atoms with Crippen LogP contribution in [0.4, 0.5) is 5.69 Å². The number of piperidine rings is 1. The van der Waals surface area contributed by atoms with Crippen molar-refractivity contribution in [3.05, 3.63) is 54.1 Å². The molecular formula is C23H31N3O5S2. The number of sulfonamides is 2. The van der Waals surface area contributed by atoms with E-state index in [0.29, 0.717) is 38.2 Å². The summed E-state index contributed by atoms with van der Waals surface area (Å²) in [6, 6.07) is 12.7. The average Bonchev–Trinajstić information content (AvgIpc) is 2.80. The molecule has 33 heavy (non-hydrogen) atoms. The van der Waals surface area contributed by atoms with Gasteiger partial charge in [-0.05, 0) is 56.2 Å². The molecule has 180 valence electrons. The first kappa shape index (κ1) is 25.4. The molecule has 8 nitrogen and oxygen atoms in total. The Bertz CT molecular complexity index is 1170. The number of benzene rings is 2. The Hall–Kier alpha value is -2.27. The summed E-state index contributed by atoms with van der Waals surface area (Å²) >= 11 is 0. The van der Waals surface area contributed by atoms with Gasteiger partial charge in [0.2, 0.25) is 26.0 Å². The summed E-state index contributed by atoms with van der Waals surface area (Å²) in [5.41, 5.74) is 1.44. The zero-order valence-corrected chi connectivity index (χ0v) is 20.8. The topological polar surface area (TPSA) is 104 Å². The van der Waals surface area contributed by atoms with E-state index in [9.17, 15) is 21.6 Å². The van der Waals surface area contributed by atoms with Crippen molar-refractivity contribution in [2.45, 2.75) is 43.4 Å². The molecular weight excluding hydrogens is 462 g/mol. The maximum Gasteiger partial charge on any atom is 0.243 e. The summed E-state index contributed by atoms with van der Waals surface area (Å²) in [6.45, 7) is 6.68. The molecule has 0 radical (unpaired) electrons. The highest BCUT2D eigenvalue weighted by Gasteiger charge is 2.33. The molecule has 0 saturated carbocycles. The molecule has 1 N–H and O–H groups in total. The first-order valence-electron chi connectivity index (χ1n) is 11.1. The zero-order chi connectivity index (χ0) is 24.2. The molecule has 0 aliphatic carbocycles. The number of hydrogen-bond donors (Lipinski definition) is 1. The number of nitrogens with zero attached hydrogens (tertiary/aromatic N) is 2. The number of rotatable bonds is 8. The monoisotopic (exact) mass is 493 g/mol. The van der Waals surface area contributed by atoms with Crippen LogP contribution in [-0.2, 0) is 24.8 Å². The SMILES string of the molecule is CCN(CC)S(=O)(=O)c1ccc(NC(=O)[C@H]2CCCN(S(=O)(=O)c3ccc(C)cc3)C2)cc1. The van der Waals surface area contributed by atoms with Crippen molar-refractivity contribution in [1.82, 2.24) is 8.61 Å². The fraction of sp³-hybridized carbons (Fsp3) is 0.435. The second kappa shape index (κ2) is 10.3. The fourth-order valence-electron chi connectivity index (χ4n) is 3.90. The lowest BCUT2D eigenvalue weighted by molar-refractivity contribution is -0.120. The Morgan fingerprint density at radius 1 is 0.970 bits per heavy atom. The van der Waals surface area contributed by atoms with Crippen LogP contribution < -0.4 is 5.32 Å². The van der Waals surface area contributed by atoms with Crippen LogP contribution in [0.1, 0.15) is 32.3 Å². The van der Waals surface area contributed by atoms with Gasteiger partial charge in [-0.1, -0.05) is 31.5 Å². The van der Waals surface area contributed by atoms with Gasteiger partial charge in [0.1, 0.15) is 0 Å². The Kier molecular flexibility index (Phi) is 7.94. The zero-order valence-electron chi connectivity index (χ0n) is 19.2. The van der Waals surface area contributed by atoms with E-state index in [-0.39, 0.29) is 22.2 Å². The van der Waals surface area contributed by atoms with Crippen molar-refractivity contribution in [1.29, 1.82) is 0 Å². The van der Waals surface area contributed by atoms with Crippen LogP contribution >= 0.6 is 0 Å². The summed E-state index contributed by atoms with van der Waals surface area (Å²) in [6.07, 6.45) is 1.17. The number of carbonyl (C=O) groups excluding carboxylic acids is 1. The van der Waals surface area contributed by atoms with Gasteiger partial charge in [-0.15, -0.1) is 0 Å².